The second-order valence-corrected chi connectivity index (χ2v) is 16.9. The van der Waals surface area contributed by atoms with E-state index < -0.39 is 5.41 Å². The molecule has 0 saturated heterocycles. The third-order valence-corrected chi connectivity index (χ3v) is 13.4. The van der Waals surface area contributed by atoms with Crippen LogP contribution >= 0.6 is 0 Å². The fraction of sp³-hybridized carbons (Fsp3) is 0.127. The number of rotatable bonds is 4. The molecule has 0 N–H and O–H groups in total. The average molecular weight is 703 g/mol. The summed E-state index contributed by atoms with van der Waals surface area (Å²) in [6, 6.07) is 69.0. The Morgan fingerprint density at radius 1 is 0.255 bits per heavy atom. The molecule has 0 amide bonds. The summed E-state index contributed by atoms with van der Waals surface area (Å²) in [5.41, 5.74) is 23.3. The summed E-state index contributed by atoms with van der Waals surface area (Å²) in [5.74, 6) is 0. The van der Waals surface area contributed by atoms with Crippen molar-refractivity contribution in [2.24, 2.45) is 0 Å². The van der Waals surface area contributed by atoms with Gasteiger partial charge < -0.3 is 0 Å². The van der Waals surface area contributed by atoms with Gasteiger partial charge in [-0.05, 0) is 124 Å². The molecule has 0 aromatic heterocycles. The molecule has 0 heterocycles. The van der Waals surface area contributed by atoms with E-state index in [0.717, 1.165) is 0 Å². The van der Waals surface area contributed by atoms with Crippen molar-refractivity contribution >= 4 is 0 Å². The van der Waals surface area contributed by atoms with Gasteiger partial charge in [0.15, 0.2) is 0 Å². The summed E-state index contributed by atoms with van der Waals surface area (Å²) in [6.45, 7) is 9.47. The van der Waals surface area contributed by atoms with Crippen LogP contribution in [0.2, 0.25) is 0 Å². The van der Waals surface area contributed by atoms with E-state index in [9.17, 15) is 0 Å². The van der Waals surface area contributed by atoms with E-state index in [1.54, 1.807) is 0 Å². The van der Waals surface area contributed by atoms with Crippen molar-refractivity contribution in [1.29, 1.82) is 0 Å². The Morgan fingerprint density at radius 3 is 1.00 bits per heavy atom. The molecule has 262 valence electrons. The molecule has 0 nitrogen and oxygen atoms in total. The lowest BCUT2D eigenvalue weighted by molar-refractivity contribution is 0.660. The Labute approximate surface area is 324 Å². The average Bonchev–Trinajstić information content (AvgIpc) is 3.76. The highest BCUT2D eigenvalue weighted by atomic mass is 14.5. The molecule has 0 fully saturated rings. The van der Waals surface area contributed by atoms with Gasteiger partial charge >= 0.3 is 0 Å². The van der Waals surface area contributed by atoms with E-state index in [1.165, 1.54) is 100 Å². The molecule has 0 aliphatic heterocycles. The van der Waals surface area contributed by atoms with Crippen molar-refractivity contribution in [2.75, 3.05) is 0 Å². The molecule has 0 atom stereocenters. The topological polar surface area (TPSA) is 0 Å². The van der Waals surface area contributed by atoms with E-state index in [1.807, 2.05) is 0 Å². The highest BCUT2D eigenvalue weighted by Gasteiger charge is 2.46. The van der Waals surface area contributed by atoms with Gasteiger partial charge in [0.1, 0.15) is 0 Å². The molecule has 8 aromatic rings. The largest absolute Gasteiger partial charge is 0.0713 e. The van der Waals surface area contributed by atoms with Crippen LogP contribution < -0.4 is 0 Å². The van der Waals surface area contributed by atoms with E-state index >= 15 is 0 Å². The molecule has 0 bridgehead atoms. The molecule has 3 aliphatic rings. The predicted molar refractivity (Wildman–Crippen MR) is 230 cm³/mol. The zero-order valence-corrected chi connectivity index (χ0v) is 31.8. The third kappa shape index (κ3) is 4.34. The summed E-state index contributed by atoms with van der Waals surface area (Å²) in [7, 11) is 0. The van der Waals surface area contributed by atoms with Crippen LogP contribution in [0.4, 0.5) is 0 Å². The van der Waals surface area contributed by atoms with Crippen LogP contribution in [0.1, 0.15) is 72.2 Å². The number of benzene rings is 8. The smallest absolute Gasteiger partial charge is 0.0619 e. The maximum absolute atomic E-state index is 2.47. The van der Waals surface area contributed by atoms with E-state index in [0.29, 0.717) is 0 Å². The Balaban J connectivity index is 1.10. The Kier molecular flexibility index (Phi) is 6.67. The normalized spacial score (nSPS) is 15.7. The van der Waals surface area contributed by atoms with Crippen molar-refractivity contribution in [3.63, 3.8) is 0 Å². The number of fused-ring (bicyclic) bond motifs is 9. The first kappa shape index (κ1) is 32.2. The molecule has 3 aliphatic carbocycles. The minimum absolute atomic E-state index is 0.0555. The minimum Gasteiger partial charge on any atom is -0.0619 e. The molecule has 55 heavy (non-hydrogen) atoms. The summed E-state index contributed by atoms with van der Waals surface area (Å²) in [4.78, 5) is 0. The second-order valence-electron chi connectivity index (χ2n) is 16.9. The third-order valence-electron chi connectivity index (χ3n) is 13.4. The van der Waals surface area contributed by atoms with Crippen LogP contribution in [0.15, 0.2) is 182 Å². The lowest BCUT2D eigenvalue weighted by atomic mass is 9.67. The van der Waals surface area contributed by atoms with Crippen LogP contribution in [0.5, 0.6) is 0 Å². The summed E-state index contributed by atoms with van der Waals surface area (Å²) >= 11 is 0. The highest BCUT2D eigenvalue weighted by molar-refractivity contribution is 5.89. The Morgan fingerprint density at radius 2 is 0.582 bits per heavy atom. The predicted octanol–water partition coefficient (Wildman–Crippen LogP) is 14.0. The quantitative estimate of drug-likeness (QED) is 0.171. The molecule has 0 heteroatoms. The zero-order chi connectivity index (χ0) is 37.1. The molecule has 0 saturated carbocycles. The Hall–Kier alpha value is -6.24. The lowest BCUT2D eigenvalue weighted by Crippen LogP contribution is -2.28. The van der Waals surface area contributed by atoms with Crippen LogP contribution in [0.3, 0.4) is 0 Å². The van der Waals surface area contributed by atoms with Crippen LogP contribution in [0.25, 0.3) is 55.6 Å². The molecular formula is C55H42. The first-order valence-corrected chi connectivity index (χ1v) is 19.7. The lowest BCUT2D eigenvalue weighted by Gasteiger charge is -2.34. The monoisotopic (exact) mass is 702 g/mol. The molecule has 8 aromatic carbocycles. The van der Waals surface area contributed by atoms with Crippen LogP contribution in [-0.2, 0) is 16.2 Å². The van der Waals surface area contributed by atoms with Crippen molar-refractivity contribution < 1.29 is 0 Å². The number of hydrogen-bond donors (Lipinski definition) is 0. The summed E-state index contributed by atoms with van der Waals surface area (Å²) < 4.78 is 0. The van der Waals surface area contributed by atoms with Gasteiger partial charge in [-0.2, -0.15) is 0 Å². The molecule has 11 rings (SSSR count). The first-order valence-electron chi connectivity index (χ1n) is 19.7. The molecule has 0 unspecified atom stereocenters. The van der Waals surface area contributed by atoms with Crippen molar-refractivity contribution in [1.82, 2.24) is 0 Å². The van der Waals surface area contributed by atoms with Gasteiger partial charge in [0, 0.05) is 10.8 Å². The van der Waals surface area contributed by atoms with Gasteiger partial charge in [0.25, 0.3) is 0 Å². The second kappa shape index (κ2) is 11.4. The van der Waals surface area contributed by atoms with Gasteiger partial charge in [-0.15, -0.1) is 0 Å². The van der Waals surface area contributed by atoms with Crippen LogP contribution in [0, 0.1) is 0 Å². The van der Waals surface area contributed by atoms with E-state index in [-0.39, 0.29) is 10.8 Å². The maximum Gasteiger partial charge on any atom is 0.0713 e. The molecular weight excluding hydrogens is 661 g/mol. The van der Waals surface area contributed by atoms with Gasteiger partial charge in [0.2, 0.25) is 0 Å². The highest BCUT2D eigenvalue weighted by Crippen LogP contribution is 2.57. The van der Waals surface area contributed by atoms with Gasteiger partial charge in [0.05, 0.1) is 5.41 Å². The van der Waals surface area contributed by atoms with Crippen molar-refractivity contribution in [2.45, 2.75) is 43.9 Å². The SMILES string of the molecule is CC1(C)c2ccccc2-c2ccc(-c3cccc(C4(c5cccc(-c6ccc7c(c6)C(C)(C)c6ccccc6-7)c5)c5ccccc5-c5ccccc54)c3)cc21. The Bertz CT molecular complexity index is 2680. The fourth-order valence-corrected chi connectivity index (χ4v) is 10.7. The van der Waals surface area contributed by atoms with Crippen molar-refractivity contribution in [3.05, 3.63) is 226 Å². The van der Waals surface area contributed by atoms with Gasteiger partial charge in [-0.1, -0.05) is 185 Å². The molecule has 0 spiro atoms. The molecule has 0 radical (unpaired) electrons. The van der Waals surface area contributed by atoms with Crippen molar-refractivity contribution in [3.8, 4) is 55.6 Å². The fourth-order valence-electron chi connectivity index (χ4n) is 10.7. The first-order chi connectivity index (χ1) is 26.8. The zero-order valence-electron chi connectivity index (χ0n) is 31.8. The van der Waals surface area contributed by atoms with E-state index in [4.69, 9.17) is 0 Å². The maximum atomic E-state index is 2.47. The van der Waals surface area contributed by atoms with Crippen LogP contribution in [-0.4, -0.2) is 0 Å². The van der Waals surface area contributed by atoms with E-state index in [2.05, 4.69) is 210 Å². The standard InChI is InChI=1S/C55H42/c1-53(2)47-23-9-5-19-41(47)45-29-27-37(33-51(45)53)35-15-13-17-39(31-35)55(49-25-11-7-21-43(49)44-22-8-12-26-50(44)55)40-18-14-16-36(32-40)38-28-30-46-42-20-6-10-24-48(42)54(3,4)52(46)34-38/h5-34H,1-4H3. The summed E-state index contributed by atoms with van der Waals surface area (Å²) in [6.07, 6.45) is 0. The number of hydrogen-bond acceptors (Lipinski definition) is 0. The van der Waals surface area contributed by atoms with Gasteiger partial charge in [-0.25, -0.2) is 0 Å². The minimum atomic E-state index is -0.502. The van der Waals surface area contributed by atoms with Gasteiger partial charge in [-0.3, -0.25) is 0 Å². The summed E-state index contributed by atoms with van der Waals surface area (Å²) in [5, 5.41) is 0.